The number of fused-ring (bicyclic) bond motifs is 1. The van der Waals surface area contributed by atoms with Gasteiger partial charge in [-0.3, -0.25) is 9.59 Å². The number of ether oxygens (including phenoxy) is 2. The Labute approximate surface area is 166 Å². The van der Waals surface area contributed by atoms with E-state index in [2.05, 4.69) is 6.07 Å². The molecule has 0 heterocycles. The molecule has 2 aromatic rings. The van der Waals surface area contributed by atoms with Gasteiger partial charge >= 0.3 is 11.9 Å². The van der Waals surface area contributed by atoms with E-state index in [0.717, 1.165) is 27.8 Å². The summed E-state index contributed by atoms with van der Waals surface area (Å²) in [7, 11) is 0. The molecule has 0 amide bonds. The van der Waals surface area contributed by atoms with Crippen molar-refractivity contribution in [2.75, 3.05) is 13.2 Å². The number of hydrogen-bond donors (Lipinski definition) is 0. The number of carbonyl (C=O) groups excluding carboxylic acids is 2. The highest BCUT2D eigenvalue weighted by atomic mass is 16.6. The zero-order valence-corrected chi connectivity index (χ0v) is 16.7. The topological polar surface area (TPSA) is 52.6 Å². The standard InChI is InChI=1S/C24H26O4/c1-4-27-22(25)24(23(26)28-5-2)15-19-13-9-10-14-20(19)21(16-24)17(3)18-11-7-6-8-12-18/h6-14H,4-5,15-16H2,1-3H3/b21-17+. The third kappa shape index (κ3) is 3.59. The van der Waals surface area contributed by atoms with Crippen molar-refractivity contribution < 1.29 is 19.1 Å². The van der Waals surface area contributed by atoms with Crippen LogP contribution < -0.4 is 0 Å². The second-order valence-electron chi connectivity index (χ2n) is 7.00. The fourth-order valence-corrected chi connectivity index (χ4v) is 3.86. The van der Waals surface area contributed by atoms with Gasteiger partial charge in [0.2, 0.25) is 0 Å². The molecular formula is C24H26O4. The summed E-state index contributed by atoms with van der Waals surface area (Å²) in [6.45, 7) is 5.98. The molecule has 0 N–H and O–H groups in total. The van der Waals surface area contributed by atoms with Crippen LogP contribution in [0.4, 0.5) is 0 Å². The van der Waals surface area contributed by atoms with Crippen molar-refractivity contribution in [1.29, 1.82) is 0 Å². The van der Waals surface area contributed by atoms with Gasteiger partial charge in [-0.15, -0.1) is 0 Å². The summed E-state index contributed by atoms with van der Waals surface area (Å²) in [5.41, 5.74) is 3.77. The van der Waals surface area contributed by atoms with E-state index < -0.39 is 17.4 Å². The Morgan fingerprint density at radius 2 is 1.43 bits per heavy atom. The van der Waals surface area contributed by atoms with Crippen molar-refractivity contribution in [3.8, 4) is 0 Å². The highest BCUT2D eigenvalue weighted by Crippen LogP contribution is 2.46. The van der Waals surface area contributed by atoms with Crippen LogP contribution in [0, 0.1) is 5.41 Å². The van der Waals surface area contributed by atoms with Gasteiger partial charge in [0.05, 0.1) is 13.2 Å². The van der Waals surface area contributed by atoms with Crippen LogP contribution in [0.3, 0.4) is 0 Å². The van der Waals surface area contributed by atoms with Crippen LogP contribution in [0.2, 0.25) is 0 Å². The lowest BCUT2D eigenvalue weighted by molar-refractivity contribution is -0.171. The van der Waals surface area contributed by atoms with Gasteiger partial charge in [0, 0.05) is 12.8 Å². The molecule has 0 unspecified atom stereocenters. The van der Waals surface area contributed by atoms with Crippen LogP contribution in [-0.4, -0.2) is 25.2 Å². The molecule has 0 atom stereocenters. The van der Waals surface area contributed by atoms with Crippen molar-refractivity contribution in [3.63, 3.8) is 0 Å². The average molecular weight is 378 g/mol. The maximum atomic E-state index is 13.0. The van der Waals surface area contributed by atoms with Gasteiger partial charge in [0.25, 0.3) is 0 Å². The molecule has 0 spiro atoms. The van der Waals surface area contributed by atoms with Gasteiger partial charge in [-0.05, 0) is 48.6 Å². The molecule has 0 bridgehead atoms. The van der Waals surface area contributed by atoms with Crippen molar-refractivity contribution in [2.24, 2.45) is 5.41 Å². The molecule has 1 aliphatic carbocycles. The summed E-state index contributed by atoms with van der Waals surface area (Å²) < 4.78 is 10.7. The van der Waals surface area contributed by atoms with Crippen LogP contribution in [0.15, 0.2) is 54.6 Å². The number of allylic oxidation sites excluding steroid dienone is 2. The molecular weight excluding hydrogens is 352 g/mol. The number of benzene rings is 2. The maximum absolute atomic E-state index is 13.0. The van der Waals surface area contributed by atoms with Crippen LogP contribution >= 0.6 is 0 Å². The SMILES string of the molecule is CCOC(=O)C1(C(=O)OCC)C/C(=C(/C)c2ccccc2)c2ccccc2C1. The summed E-state index contributed by atoms with van der Waals surface area (Å²) in [6, 6.07) is 18.0. The summed E-state index contributed by atoms with van der Waals surface area (Å²) in [5, 5.41) is 0. The third-order valence-electron chi connectivity index (χ3n) is 5.31. The van der Waals surface area contributed by atoms with Crippen LogP contribution in [-0.2, 0) is 25.5 Å². The van der Waals surface area contributed by atoms with E-state index in [1.165, 1.54) is 0 Å². The smallest absolute Gasteiger partial charge is 0.324 e. The van der Waals surface area contributed by atoms with Gasteiger partial charge in [0.1, 0.15) is 0 Å². The van der Waals surface area contributed by atoms with E-state index in [-0.39, 0.29) is 26.1 Å². The van der Waals surface area contributed by atoms with E-state index in [1.807, 2.05) is 55.5 Å². The van der Waals surface area contributed by atoms with Gasteiger partial charge in [-0.1, -0.05) is 54.6 Å². The van der Waals surface area contributed by atoms with Crippen molar-refractivity contribution in [2.45, 2.75) is 33.6 Å². The minimum Gasteiger partial charge on any atom is -0.465 e. The maximum Gasteiger partial charge on any atom is 0.324 e. The summed E-state index contributed by atoms with van der Waals surface area (Å²) in [4.78, 5) is 26.0. The Morgan fingerprint density at radius 3 is 2.04 bits per heavy atom. The predicted octanol–water partition coefficient (Wildman–Crippen LogP) is 4.68. The predicted molar refractivity (Wildman–Crippen MR) is 109 cm³/mol. The number of carbonyl (C=O) groups is 2. The Kier molecular flexibility index (Phi) is 5.98. The normalized spacial score (nSPS) is 16.7. The molecule has 0 aromatic heterocycles. The lowest BCUT2D eigenvalue weighted by Crippen LogP contribution is -2.46. The second kappa shape index (κ2) is 8.42. The molecule has 0 saturated carbocycles. The Balaban J connectivity index is 2.20. The minimum atomic E-state index is -1.36. The molecule has 3 rings (SSSR count). The quantitative estimate of drug-likeness (QED) is 0.560. The molecule has 0 fully saturated rings. The van der Waals surface area contributed by atoms with Gasteiger partial charge in [0.15, 0.2) is 5.41 Å². The van der Waals surface area contributed by atoms with Crippen LogP contribution in [0.25, 0.3) is 11.1 Å². The van der Waals surface area contributed by atoms with Crippen LogP contribution in [0.5, 0.6) is 0 Å². The minimum absolute atomic E-state index is 0.221. The van der Waals surface area contributed by atoms with Crippen molar-refractivity contribution >= 4 is 23.1 Å². The monoisotopic (exact) mass is 378 g/mol. The molecule has 2 aromatic carbocycles. The van der Waals surface area contributed by atoms with E-state index in [4.69, 9.17) is 9.47 Å². The van der Waals surface area contributed by atoms with E-state index in [0.29, 0.717) is 0 Å². The first-order chi connectivity index (χ1) is 13.5. The first kappa shape index (κ1) is 19.9. The fraction of sp³-hybridized carbons (Fsp3) is 0.333. The lowest BCUT2D eigenvalue weighted by atomic mass is 9.68. The highest BCUT2D eigenvalue weighted by molar-refractivity contribution is 6.05. The number of esters is 2. The Hall–Kier alpha value is -2.88. The number of rotatable bonds is 5. The summed E-state index contributed by atoms with van der Waals surface area (Å²) in [6.07, 6.45) is 0.550. The van der Waals surface area contributed by atoms with Gasteiger partial charge in [-0.25, -0.2) is 0 Å². The fourth-order valence-electron chi connectivity index (χ4n) is 3.86. The van der Waals surface area contributed by atoms with Crippen LogP contribution in [0.1, 0.15) is 43.9 Å². The Morgan fingerprint density at radius 1 is 0.857 bits per heavy atom. The molecule has 1 aliphatic rings. The molecule has 0 aliphatic heterocycles. The summed E-state index contributed by atoms with van der Waals surface area (Å²) in [5.74, 6) is -1.03. The van der Waals surface area contributed by atoms with Crippen molar-refractivity contribution in [3.05, 3.63) is 71.3 Å². The average Bonchev–Trinajstić information content (AvgIpc) is 2.73. The molecule has 4 nitrogen and oxygen atoms in total. The zero-order chi connectivity index (χ0) is 20.1. The highest BCUT2D eigenvalue weighted by Gasteiger charge is 2.52. The van der Waals surface area contributed by atoms with Gasteiger partial charge in [-0.2, -0.15) is 0 Å². The van der Waals surface area contributed by atoms with Crippen molar-refractivity contribution in [1.82, 2.24) is 0 Å². The molecule has 4 heteroatoms. The molecule has 28 heavy (non-hydrogen) atoms. The third-order valence-corrected chi connectivity index (χ3v) is 5.31. The first-order valence-corrected chi connectivity index (χ1v) is 9.71. The molecule has 0 radical (unpaired) electrons. The molecule has 0 saturated heterocycles. The van der Waals surface area contributed by atoms with E-state index in [9.17, 15) is 9.59 Å². The van der Waals surface area contributed by atoms with Gasteiger partial charge < -0.3 is 9.47 Å². The Bertz CT molecular complexity index is 878. The zero-order valence-electron chi connectivity index (χ0n) is 16.7. The summed E-state index contributed by atoms with van der Waals surface area (Å²) >= 11 is 0. The molecule has 146 valence electrons. The number of hydrogen-bond acceptors (Lipinski definition) is 4. The van der Waals surface area contributed by atoms with E-state index in [1.54, 1.807) is 13.8 Å². The first-order valence-electron chi connectivity index (χ1n) is 9.71. The largest absolute Gasteiger partial charge is 0.465 e. The second-order valence-corrected chi connectivity index (χ2v) is 7.00. The lowest BCUT2D eigenvalue weighted by Gasteiger charge is -2.36. The van der Waals surface area contributed by atoms with E-state index >= 15 is 0 Å².